The highest BCUT2D eigenvalue weighted by Crippen LogP contribution is 2.48. The van der Waals surface area contributed by atoms with Crippen molar-refractivity contribution in [1.29, 1.82) is 0 Å². The van der Waals surface area contributed by atoms with Gasteiger partial charge in [-0.2, -0.15) is 5.10 Å². The first-order chi connectivity index (χ1) is 10.9. The van der Waals surface area contributed by atoms with Crippen LogP contribution in [0.4, 0.5) is 5.82 Å². The number of rotatable bonds is 6. The van der Waals surface area contributed by atoms with Crippen LogP contribution in [0.25, 0.3) is 0 Å². The third-order valence-corrected chi connectivity index (χ3v) is 5.01. The summed E-state index contributed by atoms with van der Waals surface area (Å²) in [5.74, 6) is 0.415. The zero-order valence-corrected chi connectivity index (χ0v) is 13.7. The Hall–Kier alpha value is -2.15. The van der Waals surface area contributed by atoms with Crippen LogP contribution >= 0.6 is 0 Å². The monoisotopic (exact) mass is 333 g/mol. The summed E-state index contributed by atoms with van der Waals surface area (Å²) in [7, 11) is -3.03. The minimum atomic E-state index is -3.03. The molecular formula is C16H19N3O3S. The van der Waals surface area contributed by atoms with Crippen molar-refractivity contribution in [2.45, 2.75) is 24.8 Å². The molecule has 1 fully saturated rings. The fraction of sp³-hybridized carbons (Fsp3) is 0.375. The van der Waals surface area contributed by atoms with Gasteiger partial charge in [0.05, 0.1) is 17.7 Å². The number of carbonyl (C=O) groups is 1. The van der Waals surface area contributed by atoms with E-state index in [0.29, 0.717) is 5.82 Å². The molecule has 7 heteroatoms. The SMILES string of the molecule is CS(=O)(=O)CCn1ccc(NC(=O)C2(c3ccccc3)CC2)n1. The molecule has 0 spiro atoms. The number of hydrogen-bond acceptors (Lipinski definition) is 4. The van der Waals surface area contributed by atoms with E-state index in [1.807, 2.05) is 30.3 Å². The maximum absolute atomic E-state index is 12.6. The molecule has 122 valence electrons. The lowest BCUT2D eigenvalue weighted by atomic mass is 9.95. The third kappa shape index (κ3) is 3.61. The summed E-state index contributed by atoms with van der Waals surface area (Å²) in [4.78, 5) is 12.6. The van der Waals surface area contributed by atoms with E-state index in [1.165, 1.54) is 10.9 Å². The average Bonchev–Trinajstić information content (AvgIpc) is 3.21. The van der Waals surface area contributed by atoms with Gasteiger partial charge in [-0.1, -0.05) is 30.3 Å². The summed E-state index contributed by atoms with van der Waals surface area (Å²) in [5.41, 5.74) is 0.576. The molecule has 0 bridgehead atoms. The van der Waals surface area contributed by atoms with Crippen molar-refractivity contribution < 1.29 is 13.2 Å². The third-order valence-electron chi connectivity index (χ3n) is 4.08. The zero-order valence-electron chi connectivity index (χ0n) is 12.9. The van der Waals surface area contributed by atoms with Crippen LogP contribution in [0.15, 0.2) is 42.6 Å². The Morgan fingerprint density at radius 1 is 1.26 bits per heavy atom. The maximum Gasteiger partial charge on any atom is 0.236 e. The standard InChI is InChI=1S/C16H19N3O3S/c1-23(21,22)12-11-19-10-7-14(18-19)17-15(20)16(8-9-16)13-5-3-2-4-6-13/h2-7,10H,8-9,11-12H2,1H3,(H,17,18,20). The fourth-order valence-electron chi connectivity index (χ4n) is 2.58. The number of sulfone groups is 1. The summed E-state index contributed by atoms with van der Waals surface area (Å²) in [6, 6.07) is 11.4. The average molecular weight is 333 g/mol. The molecule has 0 atom stereocenters. The van der Waals surface area contributed by atoms with Crippen LogP contribution in [0.3, 0.4) is 0 Å². The van der Waals surface area contributed by atoms with Gasteiger partial charge in [0, 0.05) is 18.5 Å². The lowest BCUT2D eigenvalue weighted by Gasteiger charge is -2.14. The Morgan fingerprint density at radius 3 is 2.57 bits per heavy atom. The predicted octanol–water partition coefficient (Wildman–Crippen LogP) is 1.60. The van der Waals surface area contributed by atoms with Gasteiger partial charge in [0.25, 0.3) is 0 Å². The molecule has 0 unspecified atom stereocenters. The van der Waals surface area contributed by atoms with Crippen molar-refractivity contribution in [3.05, 3.63) is 48.2 Å². The first kappa shape index (κ1) is 15.7. The fourth-order valence-corrected chi connectivity index (χ4v) is 3.10. The number of carbonyl (C=O) groups excluding carboxylic acids is 1. The highest BCUT2D eigenvalue weighted by molar-refractivity contribution is 7.90. The van der Waals surface area contributed by atoms with Crippen molar-refractivity contribution in [3.8, 4) is 0 Å². The van der Waals surface area contributed by atoms with Crippen molar-refractivity contribution in [2.24, 2.45) is 0 Å². The minimum absolute atomic E-state index is 0.0238. The molecule has 1 aromatic heterocycles. The number of hydrogen-bond donors (Lipinski definition) is 1. The molecular weight excluding hydrogens is 314 g/mol. The number of amides is 1. The molecule has 2 aromatic rings. The number of benzene rings is 1. The topological polar surface area (TPSA) is 81.1 Å². The van der Waals surface area contributed by atoms with Gasteiger partial charge in [0.2, 0.25) is 5.91 Å². The number of nitrogens with one attached hydrogen (secondary N) is 1. The molecule has 1 aromatic carbocycles. The molecule has 1 heterocycles. The summed E-state index contributed by atoms with van der Waals surface area (Å²) in [6.45, 7) is 0.276. The van der Waals surface area contributed by atoms with Gasteiger partial charge in [0.15, 0.2) is 5.82 Å². The summed E-state index contributed by atoms with van der Waals surface area (Å²) < 4.78 is 23.9. The van der Waals surface area contributed by atoms with Crippen LogP contribution in [0.5, 0.6) is 0 Å². The van der Waals surface area contributed by atoms with Gasteiger partial charge in [-0.05, 0) is 18.4 Å². The molecule has 0 radical (unpaired) electrons. The van der Waals surface area contributed by atoms with Crippen molar-refractivity contribution in [1.82, 2.24) is 9.78 Å². The molecule has 3 rings (SSSR count). The van der Waals surface area contributed by atoms with Crippen molar-refractivity contribution in [3.63, 3.8) is 0 Å². The Kier molecular flexibility index (Phi) is 3.97. The van der Waals surface area contributed by atoms with Crippen LogP contribution in [0.2, 0.25) is 0 Å². The quantitative estimate of drug-likeness (QED) is 0.870. The Morgan fingerprint density at radius 2 is 1.96 bits per heavy atom. The van der Waals surface area contributed by atoms with Crippen molar-refractivity contribution in [2.75, 3.05) is 17.3 Å². The molecule has 0 aliphatic heterocycles. The smallest absolute Gasteiger partial charge is 0.236 e. The van der Waals surface area contributed by atoms with Gasteiger partial charge in [-0.15, -0.1) is 0 Å². The summed E-state index contributed by atoms with van der Waals surface area (Å²) in [6.07, 6.45) is 4.52. The van der Waals surface area contributed by atoms with Gasteiger partial charge in [0.1, 0.15) is 9.84 Å². The lowest BCUT2D eigenvalue weighted by Crippen LogP contribution is -2.28. The number of aromatic nitrogens is 2. The Bertz CT molecular complexity index is 808. The Labute approximate surface area is 135 Å². The van der Waals surface area contributed by atoms with Crippen LogP contribution in [0.1, 0.15) is 18.4 Å². The molecule has 1 N–H and O–H groups in total. The van der Waals surface area contributed by atoms with Crippen LogP contribution in [-0.2, 0) is 26.6 Å². The van der Waals surface area contributed by atoms with Crippen LogP contribution in [0, 0.1) is 0 Å². The lowest BCUT2D eigenvalue weighted by molar-refractivity contribution is -0.118. The molecule has 23 heavy (non-hydrogen) atoms. The second-order valence-corrected chi connectivity index (χ2v) is 8.26. The van der Waals surface area contributed by atoms with E-state index in [9.17, 15) is 13.2 Å². The van der Waals surface area contributed by atoms with E-state index in [1.54, 1.807) is 12.3 Å². The van der Waals surface area contributed by atoms with Gasteiger partial charge < -0.3 is 5.32 Å². The largest absolute Gasteiger partial charge is 0.308 e. The summed E-state index contributed by atoms with van der Waals surface area (Å²) >= 11 is 0. The predicted molar refractivity (Wildman–Crippen MR) is 87.9 cm³/mol. The highest BCUT2D eigenvalue weighted by atomic mass is 32.2. The molecule has 1 aliphatic carbocycles. The van der Waals surface area contributed by atoms with E-state index < -0.39 is 15.3 Å². The first-order valence-corrected chi connectivity index (χ1v) is 9.53. The molecule has 1 aliphatic rings. The molecule has 0 saturated heterocycles. The second-order valence-electron chi connectivity index (χ2n) is 6.00. The van der Waals surface area contributed by atoms with Gasteiger partial charge >= 0.3 is 0 Å². The molecule has 6 nitrogen and oxygen atoms in total. The molecule has 1 amide bonds. The Balaban J connectivity index is 1.66. The normalized spacial score (nSPS) is 16.0. The van der Waals surface area contributed by atoms with E-state index >= 15 is 0 Å². The van der Waals surface area contributed by atoms with Gasteiger partial charge in [-0.25, -0.2) is 8.42 Å². The summed E-state index contributed by atoms with van der Waals surface area (Å²) in [5, 5.41) is 7.05. The highest BCUT2D eigenvalue weighted by Gasteiger charge is 2.51. The molecule has 1 saturated carbocycles. The number of anilines is 1. The first-order valence-electron chi connectivity index (χ1n) is 7.47. The number of aryl methyl sites for hydroxylation is 1. The van der Waals surface area contributed by atoms with Crippen LogP contribution < -0.4 is 5.32 Å². The van der Waals surface area contributed by atoms with Crippen molar-refractivity contribution >= 4 is 21.6 Å². The van der Waals surface area contributed by atoms with E-state index in [0.717, 1.165) is 18.4 Å². The maximum atomic E-state index is 12.6. The van der Waals surface area contributed by atoms with Crippen LogP contribution in [-0.4, -0.2) is 36.1 Å². The van der Waals surface area contributed by atoms with E-state index in [4.69, 9.17) is 0 Å². The second kappa shape index (κ2) is 5.81. The minimum Gasteiger partial charge on any atom is -0.308 e. The van der Waals surface area contributed by atoms with E-state index in [2.05, 4.69) is 10.4 Å². The number of nitrogens with zero attached hydrogens (tertiary/aromatic N) is 2. The van der Waals surface area contributed by atoms with E-state index in [-0.39, 0.29) is 18.2 Å². The zero-order chi connectivity index (χ0) is 16.5. The van der Waals surface area contributed by atoms with Gasteiger partial charge in [-0.3, -0.25) is 9.48 Å².